The number of halogens is 1. The van der Waals surface area contributed by atoms with Crippen molar-refractivity contribution in [2.24, 2.45) is 11.8 Å². The molecule has 212 valence electrons. The number of carbonyl (C=O) groups excluding carboxylic acids is 3. The normalized spacial score (nSPS) is 21.9. The van der Waals surface area contributed by atoms with Crippen molar-refractivity contribution in [1.29, 1.82) is 0 Å². The van der Waals surface area contributed by atoms with E-state index in [1.54, 1.807) is 6.92 Å². The van der Waals surface area contributed by atoms with Crippen LogP contribution in [-0.4, -0.2) is 85.0 Å². The summed E-state index contributed by atoms with van der Waals surface area (Å²) >= 11 is 1.17. The number of urea groups is 1. The fraction of sp³-hybridized carbons (Fsp3) is 0.571. The zero-order valence-corrected chi connectivity index (χ0v) is 23.7. The predicted octanol–water partition coefficient (Wildman–Crippen LogP) is 3.73. The maximum atomic E-state index is 13.3. The number of ether oxygens (including phenoxy) is 1. The number of nitrogens with zero attached hydrogens (tertiary/aromatic N) is 3. The second-order valence-electron chi connectivity index (χ2n) is 10.6. The van der Waals surface area contributed by atoms with Crippen LogP contribution in [0, 0.1) is 24.6 Å². The highest BCUT2D eigenvalue weighted by Gasteiger charge is 2.34. The van der Waals surface area contributed by atoms with E-state index < -0.39 is 0 Å². The molecular weight excluding hydrogens is 521 g/mol. The van der Waals surface area contributed by atoms with E-state index in [2.05, 4.69) is 20.5 Å². The molecule has 0 aliphatic carbocycles. The van der Waals surface area contributed by atoms with Crippen molar-refractivity contribution < 1.29 is 23.5 Å². The Bertz CT molecular complexity index is 1160. The van der Waals surface area contributed by atoms with Gasteiger partial charge in [0.15, 0.2) is 10.9 Å². The van der Waals surface area contributed by atoms with E-state index in [0.717, 1.165) is 44.5 Å². The van der Waals surface area contributed by atoms with Gasteiger partial charge in [-0.15, -0.1) is 0 Å². The number of hydrogen-bond donors (Lipinski definition) is 2. The van der Waals surface area contributed by atoms with Gasteiger partial charge >= 0.3 is 6.03 Å². The number of aromatic nitrogens is 1. The Morgan fingerprint density at radius 3 is 2.62 bits per heavy atom. The van der Waals surface area contributed by atoms with E-state index in [-0.39, 0.29) is 42.1 Å². The molecule has 9 nitrogen and oxygen atoms in total. The zero-order chi connectivity index (χ0) is 27.9. The van der Waals surface area contributed by atoms with Crippen LogP contribution in [0.2, 0.25) is 0 Å². The van der Waals surface area contributed by atoms with Crippen molar-refractivity contribution in [1.82, 2.24) is 20.1 Å². The first kappa shape index (κ1) is 29.1. The second-order valence-corrected chi connectivity index (χ2v) is 11.6. The van der Waals surface area contributed by atoms with Crippen molar-refractivity contribution in [2.45, 2.75) is 45.6 Å². The molecule has 0 bridgehead atoms. The summed E-state index contributed by atoms with van der Waals surface area (Å²) in [7, 11) is 1.51. The molecule has 0 saturated carbocycles. The van der Waals surface area contributed by atoms with Crippen LogP contribution in [0.25, 0.3) is 0 Å². The first-order chi connectivity index (χ1) is 18.7. The average molecular weight is 560 g/mol. The minimum Gasteiger partial charge on any atom is -0.375 e. The third kappa shape index (κ3) is 8.06. The van der Waals surface area contributed by atoms with Crippen molar-refractivity contribution in [3.8, 4) is 0 Å². The summed E-state index contributed by atoms with van der Waals surface area (Å²) in [4.78, 5) is 46.4. The molecule has 2 aliphatic heterocycles. The van der Waals surface area contributed by atoms with Gasteiger partial charge in [0.25, 0.3) is 0 Å². The summed E-state index contributed by atoms with van der Waals surface area (Å²) in [6, 6.07) is 6.26. The van der Waals surface area contributed by atoms with Crippen molar-refractivity contribution in [2.75, 3.05) is 51.8 Å². The highest BCUT2D eigenvalue weighted by atomic mass is 32.1. The van der Waals surface area contributed by atoms with E-state index in [4.69, 9.17) is 4.74 Å². The molecule has 11 heteroatoms. The van der Waals surface area contributed by atoms with Crippen molar-refractivity contribution in [3.63, 3.8) is 0 Å². The molecule has 0 radical (unpaired) electrons. The first-order valence-corrected chi connectivity index (χ1v) is 14.3. The minimum atomic E-state index is -0.363. The van der Waals surface area contributed by atoms with E-state index >= 15 is 0 Å². The van der Waals surface area contributed by atoms with Gasteiger partial charge in [0.05, 0.1) is 10.6 Å². The standard InChI is InChI=1S/C28H38FN5O4S/c1-18-26(19(2)35)39-28(30-18)32-27(37)31-24-10-12-34(25(36)17-38-3)16-22(24)15-33-11-4-5-21(14-33)13-20-6-8-23(29)9-7-20/h6-9,21-22,24H,4-5,10-17H2,1-3H3,(H2,30,31,32,37)/t21?,22-,24-/m1/s1. The minimum absolute atomic E-state index is 0.0383. The molecule has 39 heavy (non-hydrogen) atoms. The van der Waals surface area contributed by atoms with Gasteiger partial charge in [-0.05, 0) is 62.8 Å². The van der Waals surface area contributed by atoms with Gasteiger partial charge < -0.3 is 19.9 Å². The molecule has 4 rings (SSSR count). The number of likely N-dealkylation sites (tertiary alicyclic amines) is 2. The van der Waals surface area contributed by atoms with Crippen LogP contribution in [0.4, 0.5) is 14.3 Å². The lowest BCUT2D eigenvalue weighted by molar-refractivity contribution is -0.137. The maximum Gasteiger partial charge on any atom is 0.321 e. The van der Waals surface area contributed by atoms with E-state index in [1.165, 1.54) is 37.5 Å². The number of amides is 3. The number of piperidine rings is 2. The molecule has 2 aromatic rings. The lowest BCUT2D eigenvalue weighted by Gasteiger charge is -2.42. The van der Waals surface area contributed by atoms with E-state index in [0.29, 0.717) is 41.1 Å². The molecule has 2 saturated heterocycles. The molecule has 1 aromatic carbocycles. The van der Waals surface area contributed by atoms with Crippen LogP contribution in [0.5, 0.6) is 0 Å². The number of ketones is 1. The SMILES string of the molecule is COCC(=O)N1CC[C@@H](NC(=O)Nc2nc(C)c(C(C)=O)s2)[C@H](CN2CCCC(Cc3ccc(F)cc3)C2)C1. The van der Waals surface area contributed by atoms with Gasteiger partial charge in [-0.2, -0.15) is 0 Å². The topological polar surface area (TPSA) is 104 Å². The maximum absolute atomic E-state index is 13.3. The Morgan fingerprint density at radius 2 is 1.92 bits per heavy atom. The number of aryl methyl sites for hydroxylation is 1. The predicted molar refractivity (Wildman–Crippen MR) is 149 cm³/mol. The summed E-state index contributed by atoms with van der Waals surface area (Å²) in [6.07, 6.45) is 3.73. The summed E-state index contributed by atoms with van der Waals surface area (Å²) < 4.78 is 18.4. The molecule has 2 fully saturated rings. The number of rotatable bonds is 9. The van der Waals surface area contributed by atoms with Crippen molar-refractivity contribution >= 4 is 34.2 Å². The molecule has 3 heterocycles. The molecule has 2 aliphatic rings. The Balaban J connectivity index is 1.40. The quantitative estimate of drug-likeness (QED) is 0.454. The Labute approximate surface area is 233 Å². The van der Waals surface area contributed by atoms with Crippen LogP contribution < -0.4 is 10.6 Å². The van der Waals surface area contributed by atoms with Crippen LogP contribution in [0.15, 0.2) is 24.3 Å². The summed E-state index contributed by atoms with van der Waals surface area (Å²) in [6.45, 7) is 7.00. The number of carbonyl (C=O) groups is 3. The molecule has 0 spiro atoms. The van der Waals surface area contributed by atoms with E-state index in [9.17, 15) is 18.8 Å². The summed E-state index contributed by atoms with van der Waals surface area (Å²) in [5.41, 5.74) is 1.74. The molecule has 2 N–H and O–H groups in total. The monoisotopic (exact) mass is 559 g/mol. The number of Topliss-reactive ketones (excluding diaryl/α,β-unsaturated/α-hetero) is 1. The molecule has 1 aromatic heterocycles. The third-order valence-electron chi connectivity index (χ3n) is 7.54. The number of anilines is 1. The van der Waals surface area contributed by atoms with Gasteiger partial charge in [0, 0.05) is 52.2 Å². The Hall–Kier alpha value is -2.89. The number of methoxy groups -OCH3 is 1. The van der Waals surface area contributed by atoms with Gasteiger partial charge in [0.1, 0.15) is 12.4 Å². The molecular formula is C28H38FN5O4S. The summed E-state index contributed by atoms with van der Waals surface area (Å²) in [5.74, 6) is 0.165. The molecule has 1 unspecified atom stereocenters. The fourth-order valence-corrected chi connectivity index (χ4v) is 6.55. The zero-order valence-electron chi connectivity index (χ0n) is 22.9. The Morgan fingerprint density at radius 1 is 1.15 bits per heavy atom. The van der Waals surface area contributed by atoms with Crippen molar-refractivity contribution in [3.05, 3.63) is 46.2 Å². The van der Waals surface area contributed by atoms with Crippen LogP contribution in [0.1, 0.15) is 47.1 Å². The third-order valence-corrected chi connectivity index (χ3v) is 8.71. The summed E-state index contributed by atoms with van der Waals surface area (Å²) in [5, 5.41) is 6.29. The van der Waals surface area contributed by atoms with Gasteiger partial charge in [-0.25, -0.2) is 14.2 Å². The number of thiazole rings is 1. The highest BCUT2D eigenvalue weighted by Crippen LogP contribution is 2.26. The fourth-order valence-electron chi connectivity index (χ4n) is 5.70. The smallest absolute Gasteiger partial charge is 0.321 e. The lowest BCUT2D eigenvalue weighted by atomic mass is 9.88. The number of nitrogens with one attached hydrogen (secondary N) is 2. The van der Waals surface area contributed by atoms with Gasteiger partial charge in [0.2, 0.25) is 5.91 Å². The first-order valence-electron chi connectivity index (χ1n) is 13.5. The Kier molecular flexibility index (Phi) is 10.0. The molecule has 3 atom stereocenters. The van der Waals surface area contributed by atoms with E-state index in [1.807, 2.05) is 17.0 Å². The second kappa shape index (κ2) is 13.5. The average Bonchev–Trinajstić information content (AvgIpc) is 3.26. The molecule has 3 amide bonds. The van der Waals surface area contributed by atoms with Gasteiger partial charge in [-0.1, -0.05) is 23.5 Å². The number of benzene rings is 1. The van der Waals surface area contributed by atoms with Crippen LogP contribution >= 0.6 is 11.3 Å². The highest BCUT2D eigenvalue weighted by molar-refractivity contribution is 7.17. The van der Waals surface area contributed by atoms with Crippen LogP contribution in [-0.2, 0) is 16.0 Å². The van der Waals surface area contributed by atoms with Crippen LogP contribution in [0.3, 0.4) is 0 Å². The largest absolute Gasteiger partial charge is 0.375 e. The lowest BCUT2D eigenvalue weighted by Crippen LogP contribution is -2.57. The number of hydrogen-bond acceptors (Lipinski definition) is 7. The van der Waals surface area contributed by atoms with Gasteiger partial charge in [-0.3, -0.25) is 14.9 Å².